The third-order valence-corrected chi connectivity index (χ3v) is 5.30. The second kappa shape index (κ2) is 11.2. The number of rotatable bonds is 10. The summed E-state index contributed by atoms with van der Waals surface area (Å²) in [5.74, 6) is 0. The second-order valence-electron chi connectivity index (χ2n) is 8.42. The highest BCUT2D eigenvalue weighted by molar-refractivity contribution is 7.85. The molecule has 0 aromatic rings. The first-order chi connectivity index (χ1) is 12.5. The molecular weight excluding hydrogens is 370 g/mol. The summed E-state index contributed by atoms with van der Waals surface area (Å²) < 4.78 is 37.9. The molecule has 1 N–H and O–H groups in total. The Morgan fingerprint density at radius 1 is 1.15 bits per heavy atom. The van der Waals surface area contributed by atoms with Gasteiger partial charge in [-0.15, -0.1) is 0 Å². The van der Waals surface area contributed by atoms with E-state index in [0.29, 0.717) is 13.0 Å². The Hall–Kier alpha value is -0.860. The molecule has 1 atom stereocenters. The van der Waals surface area contributed by atoms with Crippen molar-refractivity contribution < 1.29 is 26.9 Å². The van der Waals surface area contributed by atoms with Crippen LogP contribution in [0.1, 0.15) is 72.6 Å². The van der Waals surface area contributed by atoms with Gasteiger partial charge in [-0.2, -0.15) is 8.42 Å². The number of nitrogens with one attached hydrogen (secondary N) is 1. The van der Waals surface area contributed by atoms with Crippen molar-refractivity contribution in [1.29, 1.82) is 0 Å². The van der Waals surface area contributed by atoms with Crippen LogP contribution in [0.25, 0.3) is 0 Å². The minimum atomic E-state index is -3.38. The minimum absolute atomic E-state index is 0.0698. The molecule has 27 heavy (non-hydrogen) atoms. The average Bonchev–Trinajstić information content (AvgIpc) is 2.54. The van der Waals surface area contributed by atoms with E-state index in [1.807, 2.05) is 0 Å². The molecule has 1 saturated carbocycles. The highest BCUT2D eigenvalue weighted by atomic mass is 32.2. The van der Waals surface area contributed by atoms with Crippen molar-refractivity contribution in [3.8, 4) is 0 Å². The fourth-order valence-electron chi connectivity index (χ4n) is 3.15. The zero-order chi connectivity index (χ0) is 20.5. The third kappa shape index (κ3) is 10.9. The number of ether oxygens (including phenoxy) is 2. The lowest BCUT2D eigenvalue weighted by Gasteiger charge is -2.32. The maximum absolute atomic E-state index is 12.2. The van der Waals surface area contributed by atoms with Crippen LogP contribution in [0.3, 0.4) is 0 Å². The first-order valence-corrected chi connectivity index (χ1v) is 11.8. The monoisotopic (exact) mass is 407 g/mol. The van der Waals surface area contributed by atoms with Crippen LogP contribution in [0.4, 0.5) is 4.79 Å². The van der Waals surface area contributed by atoms with Gasteiger partial charge in [0, 0.05) is 12.6 Å². The smallest absolute Gasteiger partial charge is 0.407 e. The molecule has 0 spiro atoms. The van der Waals surface area contributed by atoms with Crippen molar-refractivity contribution >= 4 is 16.2 Å². The van der Waals surface area contributed by atoms with Gasteiger partial charge in [0.25, 0.3) is 10.1 Å². The van der Waals surface area contributed by atoms with Crippen molar-refractivity contribution in [2.24, 2.45) is 5.41 Å². The van der Waals surface area contributed by atoms with Crippen LogP contribution in [0.5, 0.6) is 0 Å². The molecule has 8 heteroatoms. The van der Waals surface area contributed by atoms with Crippen molar-refractivity contribution in [2.75, 3.05) is 19.5 Å². The molecule has 1 aliphatic rings. The predicted molar refractivity (Wildman–Crippen MR) is 105 cm³/mol. The third-order valence-electron chi connectivity index (χ3n) is 4.70. The van der Waals surface area contributed by atoms with Gasteiger partial charge in [-0.05, 0) is 43.9 Å². The van der Waals surface area contributed by atoms with Crippen molar-refractivity contribution in [3.05, 3.63) is 0 Å². The summed E-state index contributed by atoms with van der Waals surface area (Å²) in [6, 6.07) is 0.119. The molecule has 0 saturated heterocycles. The quantitative estimate of drug-likeness (QED) is 0.439. The number of hydrogen-bond acceptors (Lipinski definition) is 6. The number of carbonyl (C=O) groups excluding carboxylic acids is 1. The normalized spacial score (nSPS) is 22.3. The molecule has 1 fully saturated rings. The molecule has 0 bridgehead atoms. The van der Waals surface area contributed by atoms with E-state index in [0.717, 1.165) is 44.8 Å². The van der Waals surface area contributed by atoms with Crippen LogP contribution < -0.4 is 5.32 Å². The predicted octanol–water partition coefficient (Wildman–Crippen LogP) is 3.62. The summed E-state index contributed by atoms with van der Waals surface area (Å²) in [5, 5.41) is 2.99. The SMILES string of the molecule is CCCC(OC(=O)NC1CCC(OCCCOS(C)(=O)=O)CC1)C(C)(C)C. The van der Waals surface area contributed by atoms with Gasteiger partial charge in [-0.1, -0.05) is 34.1 Å². The lowest BCUT2D eigenvalue weighted by molar-refractivity contribution is 0.00919. The Kier molecular flexibility index (Phi) is 10.0. The lowest BCUT2D eigenvalue weighted by atomic mass is 9.86. The fourth-order valence-corrected chi connectivity index (χ4v) is 3.57. The molecule has 1 amide bonds. The molecule has 0 heterocycles. The van der Waals surface area contributed by atoms with Gasteiger partial charge in [0.15, 0.2) is 0 Å². The molecule has 1 aliphatic carbocycles. The first-order valence-electron chi connectivity index (χ1n) is 9.94. The summed E-state index contributed by atoms with van der Waals surface area (Å²) in [4.78, 5) is 12.2. The fraction of sp³-hybridized carbons (Fsp3) is 0.947. The maximum Gasteiger partial charge on any atom is 0.407 e. The van der Waals surface area contributed by atoms with Crippen LogP contribution in [0.15, 0.2) is 0 Å². The molecule has 0 aliphatic heterocycles. The molecule has 7 nitrogen and oxygen atoms in total. The van der Waals surface area contributed by atoms with Gasteiger partial charge in [0.05, 0.1) is 19.0 Å². The van der Waals surface area contributed by atoms with Gasteiger partial charge in [-0.3, -0.25) is 4.18 Å². The molecule has 0 radical (unpaired) electrons. The largest absolute Gasteiger partial charge is 0.446 e. The maximum atomic E-state index is 12.2. The van der Waals surface area contributed by atoms with E-state index in [2.05, 4.69) is 37.2 Å². The Bertz CT molecular complexity index is 535. The van der Waals surface area contributed by atoms with Gasteiger partial charge in [0.2, 0.25) is 0 Å². The van der Waals surface area contributed by atoms with Crippen molar-refractivity contribution in [3.63, 3.8) is 0 Å². The van der Waals surface area contributed by atoms with Crippen molar-refractivity contribution in [2.45, 2.75) is 90.9 Å². The van der Waals surface area contributed by atoms with Crippen LogP contribution in [0, 0.1) is 5.41 Å². The highest BCUT2D eigenvalue weighted by Crippen LogP contribution is 2.27. The highest BCUT2D eigenvalue weighted by Gasteiger charge is 2.29. The summed E-state index contributed by atoms with van der Waals surface area (Å²) in [6.45, 7) is 8.98. The van der Waals surface area contributed by atoms with Gasteiger partial charge >= 0.3 is 6.09 Å². The Morgan fingerprint density at radius 3 is 2.30 bits per heavy atom. The molecule has 160 valence electrons. The number of amides is 1. The summed E-state index contributed by atoms with van der Waals surface area (Å²) in [5.41, 5.74) is -0.0698. The minimum Gasteiger partial charge on any atom is -0.446 e. The molecule has 0 aromatic heterocycles. The van der Waals surface area contributed by atoms with Gasteiger partial charge in [-0.25, -0.2) is 4.79 Å². The van der Waals surface area contributed by atoms with E-state index < -0.39 is 10.1 Å². The van der Waals surface area contributed by atoms with Crippen LogP contribution >= 0.6 is 0 Å². The second-order valence-corrected chi connectivity index (χ2v) is 10.1. The molecule has 1 unspecified atom stereocenters. The Morgan fingerprint density at radius 2 is 1.78 bits per heavy atom. The Balaban J connectivity index is 2.23. The van der Waals surface area contributed by atoms with Crippen LogP contribution in [-0.2, 0) is 23.8 Å². The van der Waals surface area contributed by atoms with Crippen LogP contribution in [-0.4, -0.2) is 52.2 Å². The van der Waals surface area contributed by atoms with Crippen molar-refractivity contribution in [1.82, 2.24) is 5.32 Å². The molecular formula is C19H37NO6S. The zero-order valence-corrected chi connectivity index (χ0v) is 18.3. The van der Waals surface area contributed by atoms with E-state index in [1.54, 1.807) is 0 Å². The van der Waals surface area contributed by atoms with E-state index in [4.69, 9.17) is 9.47 Å². The standard InChI is InChI=1S/C19H37NO6S/c1-6-8-17(19(2,3)4)26-18(21)20-15-9-11-16(12-10-15)24-13-7-14-25-27(5,22)23/h15-17H,6-14H2,1-5H3,(H,20,21). The van der Waals surface area contributed by atoms with E-state index in [9.17, 15) is 13.2 Å². The summed E-state index contributed by atoms with van der Waals surface area (Å²) in [6.07, 6.45) is 6.61. The molecule has 0 aromatic carbocycles. The number of carbonyl (C=O) groups is 1. The topological polar surface area (TPSA) is 90.9 Å². The first kappa shape index (κ1) is 24.2. The van der Waals surface area contributed by atoms with Gasteiger partial charge < -0.3 is 14.8 Å². The number of alkyl carbamates (subject to hydrolysis) is 1. The van der Waals surface area contributed by atoms with E-state index in [1.165, 1.54) is 0 Å². The number of hydrogen-bond donors (Lipinski definition) is 1. The van der Waals surface area contributed by atoms with E-state index in [-0.39, 0.29) is 36.4 Å². The average molecular weight is 408 g/mol. The Labute approximate surface area is 164 Å². The van der Waals surface area contributed by atoms with E-state index >= 15 is 0 Å². The summed E-state index contributed by atoms with van der Waals surface area (Å²) >= 11 is 0. The molecule has 1 rings (SSSR count). The van der Waals surface area contributed by atoms with Gasteiger partial charge in [0.1, 0.15) is 6.10 Å². The van der Waals surface area contributed by atoms with Crippen LogP contribution in [0.2, 0.25) is 0 Å². The zero-order valence-electron chi connectivity index (χ0n) is 17.5. The lowest BCUT2D eigenvalue weighted by Crippen LogP contribution is -2.42. The summed E-state index contributed by atoms with van der Waals surface area (Å²) in [7, 11) is -3.38.